The number of carbonyl (C=O) groups excluding carboxylic acids is 2. The van der Waals surface area contributed by atoms with Crippen molar-refractivity contribution in [3.63, 3.8) is 0 Å². The molecule has 2 heterocycles. The predicted octanol–water partition coefficient (Wildman–Crippen LogP) is 6.87. The number of likely N-dealkylation sites (N-methyl/N-ethyl adjacent to an activating group) is 1. The third-order valence-corrected chi connectivity index (χ3v) is 12.1. The van der Waals surface area contributed by atoms with Gasteiger partial charge in [0, 0.05) is 25.2 Å². The summed E-state index contributed by atoms with van der Waals surface area (Å²) in [6.07, 6.45) is 20.9. The van der Waals surface area contributed by atoms with E-state index in [0.29, 0.717) is 42.2 Å². The van der Waals surface area contributed by atoms with Gasteiger partial charge in [0.1, 0.15) is 5.78 Å². The third kappa shape index (κ3) is 12.4. The molecular weight excluding hydrogens is 725 g/mol. The van der Waals surface area contributed by atoms with Crippen LogP contribution in [0, 0.1) is 17.8 Å². The molecule has 0 bridgehead atoms. The van der Waals surface area contributed by atoms with E-state index in [4.69, 9.17) is 10.5 Å². The Morgan fingerprint density at radius 2 is 1.71 bits per heavy atom. The van der Waals surface area contributed by atoms with Gasteiger partial charge >= 0.3 is 0 Å². The summed E-state index contributed by atoms with van der Waals surface area (Å²) in [5.74, 6) is 1.60. The highest BCUT2D eigenvalue weighted by Crippen LogP contribution is 2.38. The van der Waals surface area contributed by atoms with Crippen molar-refractivity contribution < 1.29 is 24.5 Å². The number of rotatable bonds is 21. The SMILES string of the molecule is CNC1C=CC2CNCCC2C1CCCCCC(=O)CC(=O)C=Cc1cc(OCO)c(O)cc1CC1=CNC(N)C=C1CCc1cccc(CCc2ccccc2)c1. The summed E-state index contributed by atoms with van der Waals surface area (Å²) in [4.78, 5) is 25.9. The van der Waals surface area contributed by atoms with Gasteiger partial charge in [-0.3, -0.25) is 9.59 Å². The van der Waals surface area contributed by atoms with Crippen LogP contribution in [0.5, 0.6) is 11.5 Å². The number of dihydropyridines is 1. The van der Waals surface area contributed by atoms with E-state index in [-0.39, 0.29) is 35.7 Å². The van der Waals surface area contributed by atoms with Crippen molar-refractivity contribution in [2.24, 2.45) is 23.5 Å². The number of piperidine rings is 1. The molecule has 5 atom stereocenters. The Bertz CT molecular complexity index is 1950. The Hall–Kier alpha value is -4.80. The molecule has 0 aromatic heterocycles. The number of fused-ring (bicyclic) bond motifs is 1. The molecule has 0 spiro atoms. The second-order valence-corrected chi connectivity index (χ2v) is 16.1. The van der Waals surface area contributed by atoms with E-state index >= 15 is 0 Å². The summed E-state index contributed by atoms with van der Waals surface area (Å²) < 4.78 is 5.28. The molecule has 2 aliphatic heterocycles. The van der Waals surface area contributed by atoms with E-state index in [1.807, 2.05) is 25.4 Å². The minimum atomic E-state index is -0.608. The maximum absolute atomic E-state index is 13.1. The molecule has 3 aromatic carbocycles. The van der Waals surface area contributed by atoms with Crippen molar-refractivity contribution in [2.75, 3.05) is 26.9 Å². The highest BCUT2D eigenvalue weighted by atomic mass is 16.6. The lowest BCUT2D eigenvalue weighted by atomic mass is 9.68. The van der Waals surface area contributed by atoms with Gasteiger partial charge in [-0.1, -0.05) is 85.7 Å². The quantitative estimate of drug-likeness (QED) is 0.0224. The summed E-state index contributed by atoms with van der Waals surface area (Å²) in [5, 5.41) is 30.5. The smallest absolute Gasteiger partial charge is 0.186 e. The van der Waals surface area contributed by atoms with Crippen molar-refractivity contribution in [2.45, 2.75) is 89.3 Å². The molecule has 308 valence electrons. The normalized spacial score (nSPS) is 21.5. The standard InChI is InChI=1S/C49H62N4O5/c1-51-46-22-20-39-31-52-24-23-44(39)45(46)14-7-3-6-13-42(55)30-43(56)21-19-37-28-48(58-33-54)47(57)27-40(37)26-41-32-53-49(50)29-38(41)18-17-36-12-8-11-35(25-36)16-15-34-9-4-2-5-10-34/h2,4-5,8-12,19-22,25,27-29,32,39,44-46,49,51-54,57H,3,6-7,13-18,23-24,26,30-31,33,50H2,1H3. The van der Waals surface area contributed by atoms with E-state index in [9.17, 15) is 19.8 Å². The van der Waals surface area contributed by atoms with E-state index in [0.717, 1.165) is 81.2 Å². The van der Waals surface area contributed by atoms with Crippen molar-refractivity contribution in [1.82, 2.24) is 16.0 Å². The molecular formula is C49H62N4O5. The van der Waals surface area contributed by atoms with Crippen LogP contribution in [0.3, 0.4) is 0 Å². The number of allylic oxidation sites excluding steroid dienone is 3. The Labute approximate surface area is 344 Å². The van der Waals surface area contributed by atoms with Crippen LogP contribution in [0.25, 0.3) is 6.08 Å². The average Bonchev–Trinajstić information content (AvgIpc) is 3.23. The lowest BCUT2D eigenvalue weighted by Crippen LogP contribution is -2.47. The molecule has 1 saturated heterocycles. The van der Waals surface area contributed by atoms with Crippen LogP contribution in [0.1, 0.15) is 79.2 Å². The molecule has 3 aromatic rings. The van der Waals surface area contributed by atoms with Crippen LogP contribution >= 0.6 is 0 Å². The number of aromatic hydroxyl groups is 1. The number of nitrogens with two attached hydrogens (primary N) is 1. The molecule has 9 heteroatoms. The van der Waals surface area contributed by atoms with Gasteiger partial charge in [-0.25, -0.2) is 0 Å². The van der Waals surface area contributed by atoms with Gasteiger partial charge in [0.05, 0.1) is 12.6 Å². The van der Waals surface area contributed by atoms with Gasteiger partial charge in [-0.05, 0) is 146 Å². The highest BCUT2D eigenvalue weighted by Gasteiger charge is 2.36. The zero-order chi connectivity index (χ0) is 40.7. The van der Waals surface area contributed by atoms with E-state index in [1.165, 1.54) is 29.2 Å². The number of phenols is 1. The summed E-state index contributed by atoms with van der Waals surface area (Å²) in [6, 6.07) is 22.9. The lowest BCUT2D eigenvalue weighted by molar-refractivity contribution is -0.124. The second kappa shape index (κ2) is 21.8. The van der Waals surface area contributed by atoms with Crippen LogP contribution in [0.2, 0.25) is 0 Å². The molecule has 1 fully saturated rings. The number of Topliss-reactive ketones (excluding diaryl/α,β-unsaturated/α-hetero) is 1. The zero-order valence-electron chi connectivity index (χ0n) is 34.0. The number of carbonyl (C=O) groups is 2. The van der Waals surface area contributed by atoms with Crippen LogP contribution < -0.4 is 26.4 Å². The Kier molecular flexibility index (Phi) is 16.1. The average molecular weight is 787 g/mol. The molecule has 6 rings (SSSR count). The molecule has 58 heavy (non-hydrogen) atoms. The Morgan fingerprint density at radius 1 is 0.931 bits per heavy atom. The van der Waals surface area contributed by atoms with Gasteiger partial charge < -0.3 is 36.6 Å². The molecule has 0 amide bonds. The largest absolute Gasteiger partial charge is 0.504 e. The summed E-state index contributed by atoms with van der Waals surface area (Å²) in [5.41, 5.74) is 13.7. The van der Waals surface area contributed by atoms with Crippen molar-refractivity contribution in [3.05, 3.63) is 136 Å². The maximum atomic E-state index is 13.1. The summed E-state index contributed by atoms with van der Waals surface area (Å²) in [6.45, 7) is 1.54. The minimum absolute atomic E-state index is 0.0525. The first-order valence-electron chi connectivity index (χ1n) is 21.2. The summed E-state index contributed by atoms with van der Waals surface area (Å²) in [7, 11) is 2.05. The van der Waals surface area contributed by atoms with Gasteiger partial charge in [0.2, 0.25) is 0 Å². The van der Waals surface area contributed by atoms with Crippen molar-refractivity contribution in [3.8, 4) is 11.5 Å². The first kappa shape index (κ1) is 42.8. The van der Waals surface area contributed by atoms with Crippen molar-refractivity contribution >= 4 is 17.6 Å². The number of aliphatic hydroxyl groups is 1. The number of aryl methyl sites for hydroxylation is 3. The highest BCUT2D eigenvalue weighted by molar-refractivity contribution is 6.06. The van der Waals surface area contributed by atoms with Gasteiger partial charge in [-0.15, -0.1) is 0 Å². The third-order valence-electron chi connectivity index (χ3n) is 12.1. The number of phenolic OH excluding ortho intramolecular Hbond substituents is 1. The lowest BCUT2D eigenvalue weighted by Gasteiger charge is -2.42. The molecule has 0 radical (unpaired) electrons. The number of hydrogen-bond acceptors (Lipinski definition) is 9. The van der Waals surface area contributed by atoms with Crippen LogP contribution in [-0.4, -0.2) is 60.9 Å². The fraction of sp³-hybridized carbons (Fsp3) is 0.429. The number of benzene rings is 3. The molecule has 5 unspecified atom stereocenters. The van der Waals surface area contributed by atoms with Crippen LogP contribution in [0.15, 0.2) is 108 Å². The zero-order valence-corrected chi connectivity index (χ0v) is 34.0. The fourth-order valence-corrected chi connectivity index (χ4v) is 8.97. The maximum Gasteiger partial charge on any atom is 0.186 e. The van der Waals surface area contributed by atoms with E-state index < -0.39 is 6.79 Å². The first-order valence-corrected chi connectivity index (χ1v) is 21.2. The predicted molar refractivity (Wildman–Crippen MR) is 232 cm³/mol. The molecule has 0 saturated carbocycles. The number of ether oxygens (including phenoxy) is 1. The molecule has 9 nitrogen and oxygen atoms in total. The van der Waals surface area contributed by atoms with Gasteiger partial charge in [0.25, 0.3) is 0 Å². The number of hydrogen-bond donors (Lipinski definition) is 6. The molecule has 7 N–H and O–H groups in total. The second-order valence-electron chi connectivity index (χ2n) is 16.1. The van der Waals surface area contributed by atoms with Gasteiger partial charge in [-0.2, -0.15) is 0 Å². The molecule has 1 aliphatic carbocycles. The van der Waals surface area contributed by atoms with Crippen molar-refractivity contribution in [1.29, 1.82) is 0 Å². The van der Waals surface area contributed by atoms with Crippen LogP contribution in [-0.2, 0) is 35.3 Å². The number of unbranched alkanes of at least 4 members (excludes halogenated alkanes) is 2. The molecule has 3 aliphatic rings. The number of aliphatic hydroxyl groups excluding tert-OH is 1. The monoisotopic (exact) mass is 786 g/mol. The van der Waals surface area contributed by atoms with Crippen LogP contribution in [0.4, 0.5) is 0 Å². The fourth-order valence-electron chi connectivity index (χ4n) is 8.97. The Balaban J connectivity index is 1.03. The topological polar surface area (TPSA) is 146 Å². The summed E-state index contributed by atoms with van der Waals surface area (Å²) >= 11 is 0. The minimum Gasteiger partial charge on any atom is -0.504 e. The van der Waals surface area contributed by atoms with E-state index in [1.54, 1.807) is 18.2 Å². The number of nitrogens with one attached hydrogen (secondary N) is 3. The number of ketones is 2. The van der Waals surface area contributed by atoms with E-state index in [2.05, 4.69) is 76.6 Å². The Morgan fingerprint density at radius 3 is 2.50 bits per heavy atom. The first-order chi connectivity index (χ1) is 28.3. The van der Waals surface area contributed by atoms with Gasteiger partial charge in [0.15, 0.2) is 24.1 Å².